The highest BCUT2D eigenvalue weighted by atomic mass is 19.4. The summed E-state index contributed by atoms with van der Waals surface area (Å²) in [4.78, 5) is 42.3. The number of benzene rings is 2. The van der Waals surface area contributed by atoms with Crippen LogP contribution >= 0.6 is 0 Å². The van der Waals surface area contributed by atoms with Gasteiger partial charge in [0, 0.05) is 39.1 Å². The first-order valence-electron chi connectivity index (χ1n) is 12.8. The van der Waals surface area contributed by atoms with Gasteiger partial charge in [0.1, 0.15) is 18.6 Å². The number of carbonyl (C=O) groups is 3. The summed E-state index contributed by atoms with van der Waals surface area (Å²) in [7, 11) is 0. The molecule has 0 aliphatic carbocycles. The fourth-order valence-corrected chi connectivity index (χ4v) is 5.25. The summed E-state index contributed by atoms with van der Waals surface area (Å²) in [6.45, 7) is 1.78. The van der Waals surface area contributed by atoms with Gasteiger partial charge in [0.15, 0.2) is 0 Å². The Bertz CT molecular complexity index is 1240. The number of nitrogens with zero attached hydrogens (tertiary/aromatic N) is 3. The normalized spacial score (nSPS) is 22.7. The van der Waals surface area contributed by atoms with Crippen molar-refractivity contribution in [2.45, 2.75) is 44.4 Å². The maximum atomic E-state index is 13.2. The van der Waals surface area contributed by atoms with E-state index in [-0.39, 0.29) is 42.2 Å². The highest BCUT2D eigenvalue weighted by molar-refractivity contribution is 6.23. The Balaban J connectivity index is 1.18. The Morgan fingerprint density at radius 3 is 2.26 bits per heavy atom. The van der Waals surface area contributed by atoms with E-state index < -0.39 is 36.8 Å². The summed E-state index contributed by atoms with van der Waals surface area (Å²) < 4.78 is 43.7. The van der Waals surface area contributed by atoms with E-state index in [1.54, 1.807) is 12.1 Å². The molecule has 3 aliphatic heterocycles. The molecular weight excluding hydrogens is 517 g/mol. The van der Waals surface area contributed by atoms with Gasteiger partial charge in [-0.2, -0.15) is 13.2 Å². The van der Waals surface area contributed by atoms with Crippen molar-refractivity contribution >= 4 is 17.7 Å². The fraction of sp³-hybridized carbons (Fsp3) is 0.444. The molecule has 0 aromatic heterocycles. The number of aliphatic hydroxyl groups is 1. The maximum absolute atomic E-state index is 13.2. The topological polar surface area (TPSA) is 102 Å². The van der Waals surface area contributed by atoms with Crippen LogP contribution in [-0.4, -0.2) is 88.7 Å². The molecule has 0 spiro atoms. The monoisotopic (exact) mass is 546 g/mol. The van der Waals surface area contributed by atoms with Gasteiger partial charge in [0.2, 0.25) is 5.91 Å². The van der Waals surface area contributed by atoms with Gasteiger partial charge in [-0.25, -0.2) is 0 Å². The molecule has 208 valence electrons. The van der Waals surface area contributed by atoms with Crippen molar-refractivity contribution in [1.29, 1.82) is 0 Å². The number of hydrogen-bond donors (Lipinski definition) is 2. The molecule has 2 N–H and O–H groups in total. The van der Waals surface area contributed by atoms with Crippen molar-refractivity contribution in [3.05, 3.63) is 64.7 Å². The van der Waals surface area contributed by atoms with Crippen LogP contribution in [0.15, 0.2) is 42.5 Å². The van der Waals surface area contributed by atoms with E-state index in [1.807, 2.05) is 24.3 Å². The minimum atomic E-state index is -4.18. The van der Waals surface area contributed by atoms with Crippen molar-refractivity contribution < 1.29 is 37.4 Å². The summed E-state index contributed by atoms with van der Waals surface area (Å²) in [5.41, 5.74) is 2.18. The first-order valence-corrected chi connectivity index (χ1v) is 12.8. The number of fused-ring (bicyclic) bond motifs is 1. The number of rotatable bonds is 7. The first-order chi connectivity index (χ1) is 18.6. The molecule has 3 heterocycles. The quantitative estimate of drug-likeness (QED) is 0.513. The average molecular weight is 547 g/mol. The second-order valence-corrected chi connectivity index (χ2v) is 10.1. The van der Waals surface area contributed by atoms with Crippen LogP contribution in [0.25, 0.3) is 0 Å². The van der Waals surface area contributed by atoms with Crippen molar-refractivity contribution in [1.82, 2.24) is 20.0 Å². The highest BCUT2D eigenvalue weighted by Crippen LogP contribution is 2.34. The molecular formula is C27H29F3N4O5. The smallest absolute Gasteiger partial charge is 0.401 e. The summed E-state index contributed by atoms with van der Waals surface area (Å²) in [6.07, 6.45) is -5.24. The van der Waals surface area contributed by atoms with E-state index in [4.69, 9.17) is 4.74 Å². The molecule has 2 atom stereocenters. The average Bonchev–Trinajstić information content (AvgIpc) is 3.14. The molecule has 2 unspecified atom stereocenters. The Morgan fingerprint density at radius 1 is 0.923 bits per heavy atom. The lowest BCUT2D eigenvalue weighted by Gasteiger charge is -2.35. The zero-order valence-corrected chi connectivity index (χ0v) is 21.1. The van der Waals surface area contributed by atoms with Gasteiger partial charge in [-0.15, -0.1) is 0 Å². The standard InChI is InChI=1S/C27H29F3N4O5/c28-27(29,30)16-33-12-10-32(11-13-33)14-17-4-6-18(7-5-17)15-39-21-3-1-2-19-23(21)26(38)34(25(19)37)20-8-9-22(35)31-24(20)36/h1-7,20,24,36H,8-16H2,(H,31,35). The zero-order chi connectivity index (χ0) is 27.7. The van der Waals surface area contributed by atoms with Crippen LogP contribution in [-0.2, 0) is 17.9 Å². The van der Waals surface area contributed by atoms with Gasteiger partial charge in [-0.05, 0) is 29.7 Å². The minimum absolute atomic E-state index is 0.0999. The van der Waals surface area contributed by atoms with E-state index in [0.717, 1.165) is 16.0 Å². The number of aliphatic hydroxyl groups excluding tert-OH is 1. The van der Waals surface area contributed by atoms with E-state index in [2.05, 4.69) is 10.2 Å². The van der Waals surface area contributed by atoms with Crippen LogP contribution in [0.2, 0.25) is 0 Å². The number of piperazine rings is 1. The van der Waals surface area contributed by atoms with Gasteiger partial charge < -0.3 is 15.2 Å². The Hall–Kier alpha value is -3.48. The van der Waals surface area contributed by atoms with Crippen molar-refractivity contribution in [3.63, 3.8) is 0 Å². The second-order valence-electron chi connectivity index (χ2n) is 10.1. The predicted molar refractivity (Wildman–Crippen MR) is 133 cm³/mol. The summed E-state index contributed by atoms with van der Waals surface area (Å²) in [6, 6.07) is 11.6. The highest BCUT2D eigenvalue weighted by Gasteiger charge is 2.45. The first kappa shape index (κ1) is 27.1. The Labute approximate surface area is 223 Å². The lowest BCUT2D eigenvalue weighted by atomic mass is 10.0. The number of ether oxygens (including phenoxy) is 1. The van der Waals surface area contributed by atoms with Crippen LogP contribution in [0, 0.1) is 0 Å². The van der Waals surface area contributed by atoms with Crippen molar-refractivity contribution in [2.75, 3.05) is 32.7 Å². The molecule has 2 aromatic carbocycles. The van der Waals surface area contributed by atoms with Crippen molar-refractivity contribution in [2.24, 2.45) is 0 Å². The summed E-state index contributed by atoms with van der Waals surface area (Å²) in [5.74, 6) is -1.20. The van der Waals surface area contributed by atoms with Crippen LogP contribution in [0.3, 0.4) is 0 Å². The number of nitrogens with one attached hydrogen (secondary N) is 1. The SMILES string of the molecule is O=C1CCC(N2C(=O)c3cccc(OCc4ccc(CN5CCN(CC(F)(F)F)CC5)cc4)c3C2=O)C(O)N1. The van der Waals surface area contributed by atoms with E-state index in [1.165, 1.54) is 11.0 Å². The third-order valence-electron chi connectivity index (χ3n) is 7.27. The molecule has 39 heavy (non-hydrogen) atoms. The number of alkyl halides is 3. The molecule has 2 aromatic rings. The third-order valence-corrected chi connectivity index (χ3v) is 7.27. The lowest BCUT2D eigenvalue weighted by molar-refractivity contribution is -0.149. The number of carbonyl (C=O) groups excluding carboxylic acids is 3. The number of hydrogen-bond acceptors (Lipinski definition) is 7. The second kappa shape index (κ2) is 10.9. The Morgan fingerprint density at radius 2 is 1.59 bits per heavy atom. The summed E-state index contributed by atoms with van der Waals surface area (Å²) in [5, 5.41) is 12.6. The molecule has 3 aliphatic rings. The third kappa shape index (κ3) is 6.07. The van der Waals surface area contributed by atoms with Crippen LogP contribution in [0.5, 0.6) is 5.75 Å². The molecule has 0 bridgehead atoms. The number of piperidine rings is 1. The van der Waals surface area contributed by atoms with Crippen LogP contribution in [0.1, 0.15) is 44.7 Å². The largest absolute Gasteiger partial charge is 0.488 e. The van der Waals surface area contributed by atoms with E-state index >= 15 is 0 Å². The molecule has 2 saturated heterocycles. The molecule has 3 amide bonds. The van der Waals surface area contributed by atoms with Gasteiger partial charge in [0.05, 0.1) is 23.7 Å². The van der Waals surface area contributed by atoms with Crippen molar-refractivity contribution in [3.8, 4) is 5.75 Å². The maximum Gasteiger partial charge on any atom is 0.401 e. The van der Waals surface area contributed by atoms with Crippen LogP contribution in [0.4, 0.5) is 13.2 Å². The van der Waals surface area contributed by atoms with Gasteiger partial charge in [0.25, 0.3) is 11.8 Å². The minimum Gasteiger partial charge on any atom is -0.488 e. The van der Waals surface area contributed by atoms with Gasteiger partial charge in [-0.1, -0.05) is 30.3 Å². The molecule has 0 saturated carbocycles. The molecule has 0 radical (unpaired) electrons. The zero-order valence-electron chi connectivity index (χ0n) is 21.1. The van der Waals surface area contributed by atoms with Gasteiger partial charge in [-0.3, -0.25) is 29.1 Å². The number of imide groups is 1. The predicted octanol–water partition coefficient (Wildman–Crippen LogP) is 2.14. The van der Waals surface area contributed by atoms with E-state index in [9.17, 15) is 32.7 Å². The number of amides is 3. The molecule has 2 fully saturated rings. The molecule has 12 heteroatoms. The van der Waals surface area contributed by atoms with E-state index in [0.29, 0.717) is 32.7 Å². The molecule has 5 rings (SSSR count). The van der Waals surface area contributed by atoms with Gasteiger partial charge >= 0.3 is 6.18 Å². The van der Waals surface area contributed by atoms with Crippen LogP contribution < -0.4 is 10.1 Å². The number of halogens is 3. The summed E-state index contributed by atoms with van der Waals surface area (Å²) >= 11 is 0. The molecule has 9 nitrogen and oxygen atoms in total. The Kier molecular flexibility index (Phi) is 7.61. The fourth-order valence-electron chi connectivity index (χ4n) is 5.25. The lowest BCUT2D eigenvalue weighted by Crippen LogP contribution is -2.57.